The van der Waals surface area contributed by atoms with Gasteiger partial charge in [0.25, 0.3) is 0 Å². The summed E-state index contributed by atoms with van der Waals surface area (Å²) in [5.74, 6) is 0.744. The van der Waals surface area contributed by atoms with E-state index in [-0.39, 0.29) is 5.38 Å². The van der Waals surface area contributed by atoms with Crippen LogP contribution in [0.25, 0.3) is 0 Å². The molecule has 0 bridgehead atoms. The van der Waals surface area contributed by atoms with E-state index in [9.17, 15) is 0 Å². The lowest BCUT2D eigenvalue weighted by Gasteiger charge is -2.06. The maximum atomic E-state index is 6.19. The van der Waals surface area contributed by atoms with Crippen molar-refractivity contribution in [3.05, 3.63) is 59.0 Å². The number of hydrogen-bond acceptors (Lipinski definition) is 1. The molecule has 1 unspecified atom stereocenters. The standard InChI is InChI=1S/C11H8Cl2O/c12-9-5-3-8(4-6-9)11(13)10-2-1-7-14-10/h1-7,11H. The number of benzene rings is 1. The van der Waals surface area contributed by atoms with Crippen molar-refractivity contribution in [3.63, 3.8) is 0 Å². The molecule has 0 spiro atoms. The first-order valence-electron chi connectivity index (χ1n) is 4.20. The Bertz CT molecular complexity index is 392. The number of hydrogen-bond donors (Lipinski definition) is 0. The second kappa shape index (κ2) is 4.07. The largest absolute Gasteiger partial charge is 0.467 e. The third-order valence-electron chi connectivity index (χ3n) is 1.96. The second-order valence-corrected chi connectivity index (χ2v) is 3.80. The predicted molar refractivity (Wildman–Crippen MR) is 57.9 cm³/mol. The zero-order chi connectivity index (χ0) is 9.97. The Morgan fingerprint density at radius 2 is 1.79 bits per heavy atom. The SMILES string of the molecule is Clc1ccc(C(Cl)c2ccco2)cc1. The van der Waals surface area contributed by atoms with Crippen LogP contribution in [0, 0.1) is 0 Å². The molecule has 3 heteroatoms. The van der Waals surface area contributed by atoms with Crippen molar-refractivity contribution in [1.29, 1.82) is 0 Å². The highest BCUT2D eigenvalue weighted by molar-refractivity contribution is 6.30. The van der Waals surface area contributed by atoms with Gasteiger partial charge in [-0.3, -0.25) is 0 Å². The highest BCUT2D eigenvalue weighted by Crippen LogP contribution is 2.29. The molecule has 0 amide bonds. The van der Waals surface area contributed by atoms with Gasteiger partial charge in [0.1, 0.15) is 11.1 Å². The van der Waals surface area contributed by atoms with Crippen molar-refractivity contribution in [3.8, 4) is 0 Å². The lowest BCUT2D eigenvalue weighted by molar-refractivity contribution is 0.516. The third-order valence-corrected chi connectivity index (χ3v) is 2.67. The number of furan rings is 1. The molecular formula is C11H8Cl2O. The summed E-state index contributed by atoms with van der Waals surface area (Å²) >= 11 is 12.0. The van der Waals surface area contributed by atoms with E-state index < -0.39 is 0 Å². The van der Waals surface area contributed by atoms with Crippen LogP contribution in [0.4, 0.5) is 0 Å². The summed E-state index contributed by atoms with van der Waals surface area (Å²) in [5.41, 5.74) is 0.978. The Morgan fingerprint density at radius 3 is 2.36 bits per heavy atom. The minimum atomic E-state index is -0.248. The van der Waals surface area contributed by atoms with Crippen molar-refractivity contribution in [1.82, 2.24) is 0 Å². The molecule has 0 saturated carbocycles. The highest BCUT2D eigenvalue weighted by atomic mass is 35.5. The van der Waals surface area contributed by atoms with Gasteiger partial charge in [-0.25, -0.2) is 0 Å². The fourth-order valence-corrected chi connectivity index (χ4v) is 1.63. The van der Waals surface area contributed by atoms with Gasteiger partial charge in [0.15, 0.2) is 0 Å². The topological polar surface area (TPSA) is 13.1 Å². The van der Waals surface area contributed by atoms with E-state index in [1.54, 1.807) is 6.26 Å². The first kappa shape index (κ1) is 9.63. The second-order valence-electron chi connectivity index (χ2n) is 2.93. The van der Waals surface area contributed by atoms with E-state index in [0.29, 0.717) is 5.02 Å². The van der Waals surface area contributed by atoms with Gasteiger partial charge in [0.05, 0.1) is 6.26 Å². The van der Waals surface area contributed by atoms with Crippen molar-refractivity contribution in [2.24, 2.45) is 0 Å². The highest BCUT2D eigenvalue weighted by Gasteiger charge is 2.12. The fraction of sp³-hybridized carbons (Fsp3) is 0.0909. The monoisotopic (exact) mass is 226 g/mol. The summed E-state index contributed by atoms with van der Waals surface area (Å²) in [5, 5.41) is 0.458. The summed E-state index contributed by atoms with van der Waals surface area (Å²) < 4.78 is 5.21. The molecule has 14 heavy (non-hydrogen) atoms. The summed E-state index contributed by atoms with van der Waals surface area (Å²) in [4.78, 5) is 0. The molecule has 1 aromatic heterocycles. The molecule has 1 atom stereocenters. The predicted octanol–water partition coefficient (Wildman–Crippen LogP) is 4.26. The molecular weight excluding hydrogens is 219 g/mol. The molecule has 1 heterocycles. The van der Waals surface area contributed by atoms with Gasteiger partial charge in [-0.05, 0) is 29.8 Å². The minimum absolute atomic E-state index is 0.248. The Hall–Kier alpha value is -0.920. The van der Waals surface area contributed by atoms with Crippen LogP contribution in [0.5, 0.6) is 0 Å². The van der Waals surface area contributed by atoms with Crippen LogP contribution in [0.2, 0.25) is 5.02 Å². The average molecular weight is 227 g/mol. The molecule has 0 fully saturated rings. The molecule has 1 aromatic carbocycles. The maximum absolute atomic E-state index is 6.19. The van der Waals surface area contributed by atoms with E-state index >= 15 is 0 Å². The van der Waals surface area contributed by atoms with Crippen molar-refractivity contribution >= 4 is 23.2 Å². The van der Waals surface area contributed by atoms with E-state index in [2.05, 4.69) is 0 Å². The number of rotatable bonds is 2. The van der Waals surface area contributed by atoms with Crippen molar-refractivity contribution < 1.29 is 4.42 Å². The molecule has 72 valence electrons. The van der Waals surface area contributed by atoms with E-state index in [4.69, 9.17) is 27.6 Å². The van der Waals surface area contributed by atoms with Crippen LogP contribution < -0.4 is 0 Å². The molecule has 0 N–H and O–H groups in total. The van der Waals surface area contributed by atoms with Gasteiger partial charge in [-0.15, -0.1) is 11.6 Å². The fourth-order valence-electron chi connectivity index (χ4n) is 1.23. The summed E-state index contributed by atoms with van der Waals surface area (Å²) in [6.07, 6.45) is 1.61. The van der Waals surface area contributed by atoms with Gasteiger partial charge < -0.3 is 4.42 Å². The zero-order valence-corrected chi connectivity index (χ0v) is 8.79. The first-order chi connectivity index (χ1) is 6.77. The third kappa shape index (κ3) is 1.94. The molecule has 0 aliphatic heterocycles. The van der Waals surface area contributed by atoms with E-state index in [1.807, 2.05) is 36.4 Å². The molecule has 2 rings (SSSR count). The van der Waals surface area contributed by atoms with Crippen LogP contribution in [0.1, 0.15) is 16.7 Å². The zero-order valence-electron chi connectivity index (χ0n) is 7.28. The Balaban J connectivity index is 2.28. The van der Waals surface area contributed by atoms with Gasteiger partial charge in [0, 0.05) is 5.02 Å². The first-order valence-corrected chi connectivity index (χ1v) is 5.02. The maximum Gasteiger partial charge on any atom is 0.126 e. The van der Waals surface area contributed by atoms with Gasteiger partial charge >= 0.3 is 0 Å². The van der Waals surface area contributed by atoms with Crippen LogP contribution in [-0.2, 0) is 0 Å². The lowest BCUT2D eigenvalue weighted by atomic mass is 10.1. The van der Waals surface area contributed by atoms with Crippen molar-refractivity contribution in [2.45, 2.75) is 5.38 Å². The smallest absolute Gasteiger partial charge is 0.126 e. The molecule has 0 aliphatic carbocycles. The normalized spacial score (nSPS) is 12.7. The van der Waals surface area contributed by atoms with Crippen LogP contribution in [0.15, 0.2) is 47.1 Å². The van der Waals surface area contributed by atoms with Gasteiger partial charge in [0.2, 0.25) is 0 Å². The molecule has 1 nitrogen and oxygen atoms in total. The minimum Gasteiger partial charge on any atom is -0.467 e. The molecule has 0 saturated heterocycles. The Morgan fingerprint density at radius 1 is 1.07 bits per heavy atom. The molecule has 0 radical (unpaired) electrons. The van der Waals surface area contributed by atoms with Crippen LogP contribution in [-0.4, -0.2) is 0 Å². The lowest BCUT2D eigenvalue weighted by Crippen LogP contribution is -1.89. The van der Waals surface area contributed by atoms with Crippen molar-refractivity contribution in [2.75, 3.05) is 0 Å². The Labute approximate surface area is 92.3 Å². The number of halogens is 2. The van der Waals surface area contributed by atoms with Crippen LogP contribution in [0.3, 0.4) is 0 Å². The summed E-state index contributed by atoms with van der Waals surface area (Å²) in [6.45, 7) is 0. The number of alkyl halides is 1. The summed E-state index contributed by atoms with van der Waals surface area (Å²) in [6, 6.07) is 11.1. The molecule has 0 aliphatic rings. The van der Waals surface area contributed by atoms with E-state index in [1.165, 1.54) is 0 Å². The summed E-state index contributed by atoms with van der Waals surface area (Å²) in [7, 11) is 0. The quantitative estimate of drug-likeness (QED) is 0.698. The molecule has 2 aromatic rings. The van der Waals surface area contributed by atoms with E-state index in [0.717, 1.165) is 11.3 Å². The van der Waals surface area contributed by atoms with Gasteiger partial charge in [-0.1, -0.05) is 23.7 Å². The van der Waals surface area contributed by atoms with Gasteiger partial charge in [-0.2, -0.15) is 0 Å². The average Bonchev–Trinajstić information content (AvgIpc) is 2.71. The van der Waals surface area contributed by atoms with Crippen LogP contribution >= 0.6 is 23.2 Å². The Kier molecular flexibility index (Phi) is 2.80.